The van der Waals surface area contributed by atoms with E-state index < -0.39 is 6.04 Å². The molecule has 0 saturated heterocycles. The molecule has 1 aliphatic rings. The normalized spacial score (nSPS) is 14.3. The van der Waals surface area contributed by atoms with Crippen molar-refractivity contribution in [3.05, 3.63) is 100 Å². The lowest BCUT2D eigenvalue weighted by atomic mass is 10.0. The van der Waals surface area contributed by atoms with Gasteiger partial charge in [0.15, 0.2) is 11.5 Å². The summed E-state index contributed by atoms with van der Waals surface area (Å²) in [6, 6.07) is 19.2. The van der Waals surface area contributed by atoms with Crippen molar-refractivity contribution in [3.63, 3.8) is 0 Å². The van der Waals surface area contributed by atoms with Crippen molar-refractivity contribution in [1.82, 2.24) is 15.1 Å². The fourth-order valence-electron chi connectivity index (χ4n) is 4.75. The van der Waals surface area contributed by atoms with E-state index in [0.717, 1.165) is 11.3 Å². The minimum Gasteiger partial charge on any atom is -0.497 e. The van der Waals surface area contributed by atoms with Crippen LogP contribution < -0.4 is 24.4 Å². The van der Waals surface area contributed by atoms with E-state index in [0.29, 0.717) is 58.5 Å². The number of hydrogen-bond donors (Lipinski definition) is 1. The van der Waals surface area contributed by atoms with Gasteiger partial charge in [-0.2, -0.15) is 5.10 Å². The van der Waals surface area contributed by atoms with Crippen LogP contribution >= 0.6 is 11.6 Å². The van der Waals surface area contributed by atoms with E-state index in [-0.39, 0.29) is 11.8 Å². The maximum absolute atomic E-state index is 13.7. The Morgan fingerprint density at radius 2 is 1.73 bits per heavy atom. The number of anilines is 1. The van der Waals surface area contributed by atoms with Crippen LogP contribution in [0.2, 0.25) is 5.02 Å². The number of benzene rings is 3. The summed E-state index contributed by atoms with van der Waals surface area (Å²) in [5.74, 6) is 1.25. The van der Waals surface area contributed by atoms with Crippen molar-refractivity contribution >= 4 is 29.1 Å². The average Bonchev–Trinajstić information content (AvgIpc) is 3.41. The third-order valence-corrected chi connectivity index (χ3v) is 7.16. The van der Waals surface area contributed by atoms with E-state index in [2.05, 4.69) is 5.32 Å². The van der Waals surface area contributed by atoms with Gasteiger partial charge in [-0.05, 0) is 54.4 Å². The lowest BCUT2D eigenvalue weighted by Gasteiger charge is -2.31. The number of amides is 2. The van der Waals surface area contributed by atoms with E-state index in [1.165, 1.54) is 7.11 Å². The third-order valence-electron chi connectivity index (χ3n) is 6.84. The van der Waals surface area contributed by atoms with Gasteiger partial charge in [-0.15, -0.1) is 0 Å². The number of nitrogens with one attached hydrogen (secondary N) is 1. The monoisotopic (exact) mass is 560 g/mol. The SMILES string of the molecule is COc1ccc(Cn2cc3c(n2)C(NC(=O)c2ccccc2Cl)CCN3C(=O)c2ccc(OC)c(OC)c2)cc1. The number of nitrogens with zero attached hydrogens (tertiary/aromatic N) is 3. The molecule has 0 aliphatic carbocycles. The number of methoxy groups -OCH3 is 3. The van der Waals surface area contributed by atoms with Gasteiger partial charge < -0.3 is 24.4 Å². The van der Waals surface area contributed by atoms with Crippen LogP contribution in [-0.4, -0.2) is 49.5 Å². The molecule has 10 heteroatoms. The summed E-state index contributed by atoms with van der Waals surface area (Å²) in [5, 5.41) is 8.26. The van der Waals surface area contributed by atoms with E-state index in [1.807, 2.05) is 30.5 Å². The Morgan fingerprint density at radius 3 is 2.42 bits per heavy atom. The van der Waals surface area contributed by atoms with E-state index >= 15 is 0 Å². The van der Waals surface area contributed by atoms with Crippen LogP contribution in [0, 0.1) is 0 Å². The van der Waals surface area contributed by atoms with Gasteiger partial charge in [-0.1, -0.05) is 35.9 Å². The molecule has 0 fully saturated rings. The Hall–Kier alpha value is -4.50. The second kappa shape index (κ2) is 11.7. The highest BCUT2D eigenvalue weighted by Gasteiger charge is 2.34. The molecule has 1 aliphatic heterocycles. The van der Waals surface area contributed by atoms with Crippen LogP contribution in [0.1, 0.15) is 44.4 Å². The molecule has 0 radical (unpaired) electrons. The quantitative estimate of drug-likeness (QED) is 0.321. The average molecular weight is 561 g/mol. The zero-order valence-corrected chi connectivity index (χ0v) is 23.1. The van der Waals surface area contributed by atoms with Crippen molar-refractivity contribution in [1.29, 1.82) is 0 Å². The van der Waals surface area contributed by atoms with Gasteiger partial charge in [-0.25, -0.2) is 0 Å². The standard InChI is InChI=1S/C30H29ClN4O5/c1-38-21-11-8-19(9-12-21)17-34-18-25-28(33-34)24(32-29(36)22-6-4-5-7-23(22)31)14-15-35(25)30(37)20-10-13-26(39-2)27(16-20)40-3/h4-13,16,18,24H,14-15,17H2,1-3H3,(H,32,36). The summed E-state index contributed by atoms with van der Waals surface area (Å²) in [5.41, 5.74) is 3.07. The van der Waals surface area contributed by atoms with Crippen LogP contribution in [0.5, 0.6) is 17.2 Å². The topological polar surface area (TPSA) is 94.9 Å². The lowest BCUT2D eigenvalue weighted by Crippen LogP contribution is -2.41. The summed E-state index contributed by atoms with van der Waals surface area (Å²) in [6.45, 7) is 0.850. The predicted molar refractivity (Wildman–Crippen MR) is 152 cm³/mol. The van der Waals surface area contributed by atoms with Gasteiger partial charge in [0.05, 0.1) is 50.2 Å². The second-order valence-electron chi connectivity index (χ2n) is 9.27. The van der Waals surface area contributed by atoms with Crippen molar-refractivity contribution in [2.45, 2.75) is 19.0 Å². The molecule has 1 N–H and O–H groups in total. The molecule has 0 bridgehead atoms. The van der Waals surface area contributed by atoms with Crippen molar-refractivity contribution in [3.8, 4) is 17.2 Å². The third kappa shape index (κ3) is 5.46. The Morgan fingerprint density at radius 1 is 0.975 bits per heavy atom. The summed E-state index contributed by atoms with van der Waals surface area (Å²) >= 11 is 6.27. The summed E-state index contributed by atoms with van der Waals surface area (Å²) in [4.78, 5) is 28.5. The molecular weight excluding hydrogens is 532 g/mol. The highest BCUT2D eigenvalue weighted by Crippen LogP contribution is 2.36. The maximum Gasteiger partial charge on any atom is 0.258 e. The Balaban J connectivity index is 1.48. The van der Waals surface area contributed by atoms with Crippen LogP contribution in [0.4, 0.5) is 5.69 Å². The number of hydrogen-bond acceptors (Lipinski definition) is 6. The summed E-state index contributed by atoms with van der Waals surface area (Å²) in [7, 11) is 4.70. The molecule has 1 aromatic heterocycles. The fraction of sp³-hybridized carbons (Fsp3) is 0.233. The van der Waals surface area contributed by atoms with Crippen LogP contribution in [0.15, 0.2) is 72.9 Å². The highest BCUT2D eigenvalue weighted by atomic mass is 35.5. The van der Waals surface area contributed by atoms with Crippen LogP contribution in [-0.2, 0) is 6.54 Å². The Labute approximate surface area is 237 Å². The van der Waals surface area contributed by atoms with Crippen LogP contribution in [0.3, 0.4) is 0 Å². The first-order valence-corrected chi connectivity index (χ1v) is 13.1. The molecule has 3 aromatic carbocycles. The number of rotatable bonds is 8. The van der Waals surface area contributed by atoms with Gasteiger partial charge in [0.25, 0.3) is 11.8 Å². The number of halogens is 1. The van der Waals surface area contributed by atoms with Crippen molar-refractivity contribution < 1.29 is 23.8 Å². The largest absolute Gasteiger partial charge is 0.497 e. The number of aromatic nitrogens is 2. The minimum atomic E-state index is -0.412. The molecule has 206 valence electrons. The van der Waals surface area contributed by atoms with Gasteiger partial charge in [-0.3, -0.25) is 14.3 Å². The number of fused-ring (bicyclic) bond motifs is 1. The summed E-state index contributed by atoms with van der Waals surface area (Å²) < 4.78 is 17.8. The summed E-state index contributed by atoms with van der Waals surface area (Å²) in [6.07, 6.45) is 2.31. The Kier molecular flexibility index (Phi) is 7.93. The predicted octanol–water partition coefficient (Wildman–Crippen LogP) is 5.13. The van der Waals surface area contributed by atoms with Crippen LogP contribution in [0.25, 0.3) is 0 Å². The first-order chi connectivity index (χ1) is 19.4. The first-order valence-electron chi connectivity index (χ1n) is 12.7. The van der Waals surface area contributed by atoms with Crippen molar-refractivity contribution in [2.24, 2.45) is 0 Å². The van der Waals surface area contributed by atoms with Gasteiger partial charge >= 0.3 is 0 Å². The number of carbonyl (C=O) groups excluding carboxylic acids is 2. The van der Waals surface area contributed by atoms with Gasteiger partial charge in [0, 0.05) is 18.3 Å². The molecule has 1 unspecified atom stereocenters. The molecule has 4 aromatic rings. The molecule has 40 heavy (non-hydrogen) atoms. The van der Waals surface area contributed by atoms with E-state index in [9.17, 15) is 9.59 Å². The smallest absolute Gasteiger partial charge is 0.258 e. The van der Waals surface area contributed by atoms with Gasteiger partial charge in [0.2, 0.25) is 0 Å². The minimum absolute atomic E-state index is 0.206. The number of ether oxygens (including phenoxy) is 3. The molecule has 2 amide bonds. The molecule has 2 heterocycles. The van der Waals surface area contributed by atoms with E-state index in [1.54, 1.807) is 66.3 Å². The first kappa shape index (κ1) is 27.1. The highest BCUT2D eigenvalue weighted by molar-refractivity contribution is 6.33. The fourth-order valence-corrected chi connectivity index (χ4v) is 4.98. The van der Waals surface area contributed by atoms with E-state index in [4.69, 9.17) is 30.9 Å². The Bertz CT molecular complexity index is 1540. The molecule has 1 atom stereocenters. The lowest BCUT2D eigenvalue weighted by molar-refractivity contribution is 0.0932. The molecule has 0 saturated carbocycles. The second-order valence-corrected chi connectivity index (χ2v) is 9.67. The zero-order valence-electron chi connectivity index (χ0n) is 22.4. The van der Waals surface area contributed by atoms with Gasteiger partial charge in [0.1, 0.15) is 11.4 Å². The maximum atomic E-state index is 13.7. The zero-order chi connectivity index (χ0) is 28.2. The molecule has 0 spiro atoms. The number of carbonyl (C=O) groups is 2. The molecule has 9 nitrogen and oxygen atoms in total. The molecule has 5 rings (SSSR count). The van der Waals surface area contributed by atoms with Crippen molar-refractivity contribution in [2.75, 3.05) is 32.8 Å². The molecular formula is C30H29ClN4O5.